The summed E-state index contributed by atoms with van der Waals surface area (Å²) in [6.07, 6.45) is 6.63. The van der Waals surface area contributed by atoms with Crippen molar-refractivity contribution in [1.29, 1.82) is 0 Å². The number of guanidine groups is 1. The van der Waals surface area contributed by atoms with Gasteiger partial charge >= 0.3 is 0 Å². The van der Waals surface area contributed by atoms with Crippen LogP contribution in [0.4, 0.5) is 0 Å². The molecule has 24 heavy (non-hydrogen) atoms. The monoisotopic (exact) mass is 347 g/mol. The molecule has 2 N–H and O–H groups in total. The molecule has 0 spiro atoms. The van der Waals surface area contributed by atoms with Crippen LogP contribution in [0, 0.1) is 5.92 Å². The first-order chi connectivity index (χ1) is 11.7. The van der Waals surface area contributed by atoms with Gasteiger partial charge in [-0.3, -0.25) is 4.99 Å². The number of nitrogens with zero attached hydrogens (tertiary/aromatic N) is 1. The summed E-state index contributed by atoms with van der Waals surface area (Å²) in [4.78, 5) is 5.95. The summed E-state index contributed by atoms with van der Waals surface area (Å²) in [6, 6.07) is 8.66. The van der Waals surface area contributed by atoms with Crippen molar-refractivity contribution < 1.29 is 4.74 Å². The van der Waals surface area contributed by atoms with Crippen LogP contribution in [-0.4, -0.2) is 38.0 Å². The standard InChI is InChI=1S/C19H29N3OS/c1-4-20-19(22-16-9-5-6-10-16)21-13-15(2)14-24-18-12-8-7-11-17(18)23-3/h5-8,11-12,15-16H,4,9-10,13-14H2,1-3H3,(H2,20,21,22). The topological polar surface area (TPSA) is 45.7 Å². The fourth-order valence-electron chi connectivity index (χ4n) is 2.52. The van der Waals surface area contributed by atoms with Crippen molar-refractivity contribution in [2.45, 2.75) is 37.6 Å². The van der Waals surface area contributed by atoms with E-state index in [0.717, 1.165) is 43.4 Å². The summed E-state index contributed by atoms with van der Waals surface area (Å²) < 4.78 is 5.41. The zero-order valence-electron chi connectivity index (χ0n) is 14.9. The summed E-state index contributed by atoms with van der Waals surface area (Å²) in [5, 5.41) is 6.86. The molecule has 0 aromatic heterocycles. The molecule has 5 heteroatoms. The lowest BCUT2D eigenvalue weighted by molar-refractivity contribution is 0.405. The van der Waals surface area contributed by atoms with Gasteiger partial charge in [0.2, 0.25) is 0 Å². The van der Waals surface area contributed by atoms with Crippen molar-refractivity contribution in [3.05, 3.63) is 36.4 Å². The quantitative estimate of drug-likeness (QED) is 0.326. The zero-order chi connectivity index (χ0) is 17.2. The van der Waals surface area contributed by atoms with Crippen LogP contribution in [0.15, 0.2) is 46.3 Å². The van der Waals surface area contributed by atoms with Crippen molar-refractivity contribution in [3.8, 4) is 5.75 Å². The Balaban J connectivity index is 1.81. The average Bonchev–Trinajstić information content (AvgIpc) is 3.11. The van der Waals surface area contributed by atoms with Crippen molar-refractivity contribution >= 4 is 17.7 Å². The molecule has 0 aliphatic heterocycles. The highest BCUT2D eigenvalue weighted by molar-refractivity contribution is 7.99. The Kier molecular flexibility index (Phi) is 8.02. The van der Waals surface area contributed by atoms with Crippen LogP contribution < -0.4 is 15.4 Å². The lowest BCUT2D eigenvalue weighted by atomic mass is 10.2. The van der Waals surface area contributed by atoms with Crippen molar-refractivity contribution in [2.75, 3.05) is 26.0 Å². The van der Waals surface area contributed by atoms with Crippen LogP contribution in [0.1, 0.15) is 26.7 Å². The first-order valence-electron chi connectivity index (χ1n) is 8.68. The third-order valence-corrected chi connectivity index (χ3v) is 5.23. The Hall–Kier alpha value is -1.62. The second kappa shape index (κ2) is 10.3. The highest BCUT2D eigenvalue weighted by atomic mass is 32.2. The molecular weight excluding hydrogens is 318 g/mol. The molecule has 1 aliphatic rings. The van der Waals surface area contributed by atoms with E-state index < -0.39 is 0 Å². The predicted octanol–water partition coefficient (Wildman–Crippen LogP) is 3.70. The number of benzene rings is 1. The van der Waals surface area contributed by atoms with Gasteiger partial charge in [-0.15, -0.1) is 11.8 Å². The zero-order valence-corrected chi connectivity index (χ0v) is 15.7. The van der Waals surface area contributed by atoms with Gasteiger partial charge in [-0.05, 0) is 37.8 Å². The molecule has 1 aliphatic carbocycles. The van der Waals surface area contributed by atoms with Crippen molar-refractivity contribution in [2.24, 2.45) is 10.9 Å². The number of rotatable bonds is 8. The molecule has 0 heterocycles. The summed E-state index contributed by atoms with van der Waals surface area (Å²) in [7, 11) is 1.72. The van der Waals surface area contributed by atoms with Gasteiger partial charge in [0, 0.05) is 29.8 Å². The lowest BCUT2D eigenvalue weighted by Crippen LogP contribution is -2.42. The minimum absolute atomic E-state index is 0.487. The first-order valence-corrected chi connectivity index (χ1v) is 9.67. The molecule has 0 bridgehead atoms. The molecule has 1 aromatic rings. The molecule has 4 nitrogen and oxygen atoms in total. The van der Waals surface area contributed by atoms with Gasteiger partial charge in [-0.25, -0.2) is 0 Å². The molecule has 1 aromatic carbocycles. The largest absolute Gasteiger partial charge is 0.496 e. The number of para-hydroxylation sites is 1. The van der Waals surface area contributed by atoms with E-state index in [1.165, 1.54) is 4.90 Å². The molecule has 0 radical (unpaired) electrons. The highest BCUT2D eigenvalue weighted by Crippen LogP contribution is 2.30. The molecule has 2 rings (SSSR count). The Morgan fingerprint density at radius 2 is 2.08 bits per heavy atom. The second-order valence-corrected chi connectivity index (χ2v) is 7.13. The molecular formula is C19H29N3OS. The fourth-order valence-corrected chi connectivity index (χ4v) is 3.56. The number of methoxy groups -OCH3 is 1. The van der Waals surface area contributed by atoms with Gasteiger partial charge < -0.3 is 15.4 Å². The van der Waals surface area contributed by atoms with Gasteiger partial charge in [0.05, 0.1) is 7.11 Å². The highest BCUT2D eigenvalue weighted by Gasteiger charge is 2.12. The summed E-state index contributed by atoms with van der Waals surface area (Å²) >= 11 is 1.83. The third kappa shape index (κ3) is 6.11. The third-order valence-electron chi connectivity index (χ3n) is 3.85. The van der Waals surface area contributed by atoms with E-state index in [0.29, 0.717) is 12.0 Å². The Morgan fingerprint density at radius 3 is 2.79 bits per heavy atom. The van der Waals surface area contributed by atoms with Crippen LogP contribution >= 0.6 is 11.8 Å². The molecule has 0 saturated carbocycles. The Morgan fingerprint density at radius 1 is 1.33 bits per heavy atom. The second-order valence-electron chi connectivity index (χ2n) is 6.07. The maximum Gasteiger partial charge on any atom is 0.191 e. The Labute approximate surface area is 150 Å². The van der Waals surface area contributed by atoms with Crippen molar-refractivity contribution in [3.63, 3.8) is 0 Å². The normalized spacial score (nSPS) is 16.2. The lowest BCUT2D eigenvalue weighted by Gasteiger charge is -2.17. The number of thioether (sulfide) groups is 1. The maximum atomic E-state index is 5.41. The molecule has 1 atom stereocenters. The molecule has 0 saturated heterocycles. The van der Waals surface area contributed by atoms with E-state index in [1.54, 1.807) is 7.11 Å². The van der Waals surface area contributed by atoms with Crippen molar-refractivity contribution in [1.82, 2.24) is 10.6 Å². The van der Waals surface area contributed by atoms with Crippen LogP contribution in [0.2, 0.25) is 0 Å². The van der Waals surface area contributed by atoms with Gasteiger partial charge in [-0.2, -0.15) is 0 Å². The summed E-state index contributed by atoms with van der Waals surface area (Å²) in [5.41, 5.74) is 0. The summed E-state index contributed by atoms with van der Waals surface area (Å²) in [5.74, 6) is 3.40. The minimum atomic E-state index is 0.487. The summed E-state index contributed by atoms with van der Waals surface area (Å²) in [6.45, 7) is 6.05. The van der Waals surface area contributed by atoms with Gasteiger partial charge in [-0.1, -0.05) is 31.2 Å². The first kappa shape index (κ1) is 18.7. The van der Waals surface area contributed by atoms with E-state index in [1.807, 2.05) is 23.9 Å². The fraction of sp³-hybridized carbons (Fsp3) is 0.526. The molecule has 132 valence electrons. The number of nitrogens with one attached hydrogen (secondary N) is 2. The number of ether oxygens (including phenoxy) is 1. The van der Waals surface area contributed by atoms with Gasteiger partial charge in [0.1, 0.15) is 5.75 Å². The molecule has 0 amide bonds. The van der Waals surface area contributed by atoms with Gasteiger partial charge in [0.15, 0.2) is 5.96 Å². The van der Waals surface area contributed by atoms with Gasteiger partial charge in [0.25, 0.3) is 0 Å². The van der Waals surface area contributed by atoms with E-state index in [4.69, 9.17) is 9.73 Å². The van der Waals surface area contributed by atoms with Crippen LogP contribution in [0.5, 0.6) is 5.75 Å². The smallest absolute Gasteiger partial charge is 0.191 e. The van der Waals surface area contributed by atoms with E-state index >= 15 is 0 Å². The predicted molar refractivity (Wildman–Crippen MR) is 104 cm³/mol. The van der Waals surface area contributed by atoms with E-state index in [9.17, 15) is 0 Å². The van der Waals surface area contributed by atoms with E-state index in [2.05, 4.69) is 48.8 Å². The Bertz CT molecular complexity index is 551. The minimum Gasteiger partial charge on any atom is -0.496 e. The van der Waals surface area contributed by atoms with Crippen LogP contribution in [0.25, 0.3) is 0 Å². The van der Waals surface area contributed by atoms with Crippen LogP contribution in [-0.2, 0) is 0 Å². The van der Waals surface area contributed by atoms with Crippen LogP contribution in [0.3, 0.4) is 0 Å². The maximum absolute atomic E-state index is 5.41. The molecule has 0 fully saturated rings. The van der Waals surface area contributed by atoms with E-state index in [-0.39, 0.29) is 0 Å². The number of hydrogen-bond donors (Lipinski definition) is 2. The number of aliphatic imine (C=N–C) groups is 1. The SMILES string of the molecule is CCNC(=NCC(C)CSc1ccccc1OC)NC1CC=CC1. The average molecular weight is 348 g/mol. The number of hydrogen-bond acceptors (Lipinski definition) is 3. The molecule has 1 unspecified atom stereocenters.